The molecule has 0 atom stereocenters. The van der Waals surface area contributed by atoms with E-state index in [1.165, 1.54) is 30.0 Å². The number of benzene rings is 1. The van der Waals surface area contributed by atoms with Gasteiger partial charge in [-0.25, -0.2) is 0 Å². The Morgan fingerprint density at radius 3 is 1.94 bits per heavy atom. The van der Waals surface area contributed by atoms with Crippen molar-refractivity contribution in [3.8, 4) is 0 Å². The molecule has 0 bridgehead atoms. The number of hydrogen-bond acceptors (Lipinski definition) is 7. The van der Waals surface area contributed by atoms with Crippen molar-refractivity contribution in [2.24, 2.45) is 0 Å². The smallest absolute Gasteiger partial charge is 0.105 e. The molecule has 0 saturated carbocycles. The van der Waals surface area contributed by atoms with Crippen molar-refractivity contribution in [2.45, 2.75) is 9.79 Å². The molecule has 7 heteroatoms. The SMILES string of the molecule is C1=CSC(=C2Sc3cc4nsnc4cc3S2)S1. The maximum atomic E-state index is 4.29. The summed E-state index contributed by atoms with van der Waals surface area (Å²) in [5.41, 5.74) is 2.02. The van der Waals surface area contributed by atoms with Crippen LogP contribution in [0.1, 0.15) is 0 Å². The van der Waals surface area contributed by atoms with Crippen molar-refractivity contribution in [2.75, 3.05) is 0 Å². The zero-order chi connectivity index (χ0) is 11.2. The Morgan fingerprint density at radius 2 is 1.35 bits per heavy atom. The summed E-state index contributed by atoms with van der Waals surface area (Å²) in [6.07, 6.45) is 0. The predicted molar refractivity (Wildman–Crippen MR) is 80.5 cm³/mol. The zero-order valence-electron chi connectivity index (χ0n) is 8.25. The number of nitrogens with zero attached hydrogens (tertiary/aromatic N) is 2. The normalized spacial score (nSPS) is 18.4. The van der Waals surface area contributed by atoms with E-state index in [1.54, 1.807) is 0 Å². The van der Waals surface area contributed by atoms with Gasteiger partial charge < -0.3 is 0 Å². The second-order valence-electron chi connectivity index (χ2n) is 3.34. The highest BCUT2D eigenvalue weighted by molar-refractivity contribution is 8.32. The molecule has 17 heavy (non-hydrogen) atoms. The molecule has 84 valence electrons. The number of hydrogen-bond donors (Lipinski definition) is 0. The van der Waals surface area contributed by atoms with Crippen LogP contribution < -0.4 is 0 Å². The van der Waals surface area contributed by atoms with Gasteiger partial charge in [0.2, 0.25) is 0 Å². The molecule has 0 spiro atoms. The van der Waals surface area contributed by atoms with Crippen molar-refractivity contribution in [3.05, 3.63) is 31.4 Å². The number of thioether (sulfide) groups is 4. The van der Waals surface area contributed by atoms with Crippen LogP contribution in [0.5, 0.6) is 0 Å². The Morgan fingerprint density at radius 1 is 0.765 bits per heavy atom. The van der Waals surface area contributed by atoms with Crippen LogP contribution in [0.2, 0.25) is 0 Å². The molecular weight excluding hydrogens is 308 g/mol. The molecule has 3 heterocycles. The fraction of sp³-hybridized carbons (Fsp3) is 0. The fourth-order valence-electron chi connectivity index (χ4n) is 1.56. The highest BCUT2D eigenvalue weighted by Crippen LogP contribution is 2.57. The fourth-order valence-corrected chi connectivity index (χ4v) is 6.77. The Bertz CT molecular complexity index is 620. The monoisotopic (exact) mass is 312 g/mol. The number of aromatic nitrogens is 2. The molecule has 0 radical (unpaired) electrons. The van der Waals surface area contributed by atoms with Crippen molar-refractivity contribution >= 4 is 69.8 Å². The Labute approximate surface area is 119 Å². The number of fused-ring (bicyclic) bond motifs is 2. The first kappa shape index (κ1) is 10.8. The molecular formula is C10H4N2S5. The van der Waals surface area contributed by atoms with Crippen molar-refractivity contribution in [3.63, 3.8) is 0 Å². The summed E-state index contributed by atoms with van der Waals surface area (Å²) in [4.78, 5) is 2.62. The first-order valence-electron chi connectivity index (χ1n) is 4.75. The standard InChI is InChI=1S/C10H4N2S5/c1-2-14-9(13-1)10-15-7-3-5-6(12-17-11-5)4-8(7)16-10/h1-4H. The molecule has 1 aromatic carbocycles. The minimum Gasteiger partial charge on any atom is -0.173 e. The maximum Gasteiger partial charge on any atom is 0.105 e. The summed E-state index contributed by atoms with van der Waals surface area (Å²) >= 11 is 8.60. The molecule has 0 amide bonds. The van der Waals surface area contributed by atoms with Gasteiger partial charge in [0, 0.05) is 9.79 Å². The van der Waals surface area contributed by atoms with Gasteiger partial charge in [-0.3, -0.25) is 0 Å². The lowest BCUT2D eigenvalue weighted by Gasteiger charge is -1.97. The summed E-state index contributed by atoms with van der Waals surface area (Å²) in [5.74, 6) is 0. The zero-order valence-corrected chi connectivity index (χ0v) is 12.3. The van der Waals surface area contributed by atoms with Gasteiger partial charge in [-0.15, -0.1) is 0 Å². The molecule has 0 saturated heterocycles. The molecule has 0 aliphatic carbocycles. The van der Waals surface area contributed by atoms with E-state index in [0.29, 0.717) is 0 Å². The summed E-state index contributed by atoms with van der Waals surface area (Å²) in [7, 11) is 0. The van der Waals surface area contributed by atoms with E-state index in [9.17, 15) is 0 Å². The van der Waals surface area contributed by atoms with Crippen LogP contribution >= 0.6 is 58.8 Å². The molecule has 2 aromatic rings. The average Bonchev–Trinajstić information content (AvgIpc) is 3.05. The van der Waals surface area contributed by atoms with Gasteiger partial charge in [-0.1, -0.05) is 47.0 Å². The summed E-state index contributed by atoms with van der Waals surface area (Å²) < 4.78 is 11.3. The lowest BCUT2D eigenvalue weighted by molar-refractivity contribution is 1.29. The van der Waals surface area contributed by atoms with E-state index in [0.717, 1.165) is 11.0 Å². The molecule has 1 aromatic heterocycles. The molecule has 4 rings (SSSR count). The second kappa shape index (κ2) is 4.24. The Kier molecular flexibility index (Phi) is 2.69. The van der Waals surface area contributed by atoms with Crippen LogP contribution in [0.15, 0.2) is 41.2 Å². The van der Waals surface area contributed by atoms with Gasteiger partial charge in [0.05, 0.1) is 20.2 Å². The van der Waals surface area contributed by atoms with Crippen LogP contribution in [-0.4, -0.2) is 8.75 Å². The van der Waals surface area contributed by atoms with Crippen molar-refractivity contribution in [1.82, 2.24) is 8.75 Å². The van der Waals surface area contributed by atoms with Crippen molar-refractivity contribution < 1.29 is 0 Å². The van der Waals surface area contributed by atoms with Gasteiger partial charge in [0.1, 0.15) is 11.0 Å². The Hall–Kier alpha value is -0.0800. The van der Waals surface area contributed by atoms with Crippen LogP contribution in [0.25, 0.3) is 11.0 Å². The predicted octanol–water partition coefficient (Wildman–Crippen LogP) is 4.97. The van der Waals surface area contributed by atoms with Gasteiger partial charge in [-0.2, -0.15) is 8.75 Å². The molecule has 0 N–H and O–H groups in total. The number of rotatable bonds is 0. The lowest BCUT2D eigenvalue weighted by atomic mass is 10.3. The van der Waals surface area contributed by atoms with E-state index in [-0.39, 0.29) is 0 Å². The summed E-state index contributed by atoms with van der Waals surface area (Å²) in [5, 5.41) is 4.27. The molecule has 0 fully saturated rings. The van der Waals surface area contributed by atoms with Gasteiger partial charge in [0.25, 0.3) is 0 Å². The maximum absolute atomic E-state index is 4.29. The highest BCUT2D eigenvalue weighted by atomic mass is 32.2. The molecule has 2 aliphatic heterocycles. The lowest BCUT2D eigenvalue weighted by Crippen LogP contribution is -1.73. The average molecular weight is 312 g/mol. The van der Waals surface area contributed by atoms with Crippen LogP contribution in [0.3, 0.4) is 0 Å². The minimum absolute atomic E-state index is 1.01. The Balaban J connectivity index is 1.80. The third kappa shape index (κ3) is 1.84. The van der Waals surface area contributed by atoms with E-state index < -0.39 is 0 Å². The third-order valence-electron chi connectivity index (χ3n) is 2.30. The van der Waals surface area contributed by atoms with Gasteiger partial charge >= 0.3 is 0 Å². The minimum atomic E-state index is 1.01. The van der Waals surface area contributed by atoms with E-state index >= 15 is 0 Å². The third-order valence-corrected chi connectivity index (χ3v) is 8.02. The largest absolute Gasteiger partial charge is 0.173 e. The van der Waals surface area contributed by atoms with E-state index in [2.05, 4.69) is 31.7 Å². The molecule has 2 nitrogen and oxygen atoms in total. The summed E-state index contributed by atoms with van der Waals surface area (Å²) in [6.45, 7) is 0. The topological polar surface area (TPSA) is 25.8 Å². The second-order valence-corrected chi connectivity index (χ2v) is 8.32. The first-order valence-corrected chi connectivity index (χ1v) is 8.87. The quantitative estimate of drug-likeness (QED) is 0.681. The van der Waals surface area contributed by atoms with Crippen LogP contribution in [-0.2, 0) is 0 Å². The van der Waals surface area contributed by atoms with Crippen LogP contribution in [0, 0.1) is 0 Å². The van der Waals surface area contributed by atoms with Gasteiger partial charge in [-0.05, 0) is 22.9 Å². The van der Waals surface area contributed by atoms with E-state index in [1.807, 2.05) is 47.0 Å². The summed E-state index contributed by atoms with van der Waals surface area (Å²) in [6, 6.07) is 4.30. The first-order chi connectivity index (χ1) is 8.40. The van der Waals surface area contributed by atoms with E-state index in [4.69, 9.17) is 0 Å². The molecule has 0 unspecified atom stereocenters. The molecule has 2 aliphatic rings. The van der Waals surface area contributed by atoms with Crippen LogP contribution in [0.4, 0.5) is 0 Å². The van der Waals surface area contributed by atoms with Crippen molar-refractivity contribution in [1.29, 1.82) is 0 Å². The highest BCUT2D eigenvalue weighted by Gasteiger charge is 2.23. The van der Waals surface area contributed by atoms with Gasteiger partial charge in [0.15, 0.2) is 0 Å².